The van der Waals surface area contributed by atoms with Gasteiger partial charge in [0.25, 0.3) is 0 Å². The molecule has 2 rings (SSSR count). The second-order valence-electron chi connectivity index (χ2n) is 4.94. The molecule has 21 heavy (non-hydrogen) atoms. The van der Waals surface area contributed by atoms with E-state index in [4.69, 9.17) is 5.73 Å². The molecule has 0 radical (unpaired) electrons. The Labute approximate surface area is 126 Å². The maximum Gasteiger partial charge on any atom is 0.239 e. The van der Waals surface area contributed by atoms with Crippen LogP contribution < -0.4 is 10.0 Å². The van der Waals surface area contributed by atoms with Gasteiger partial charge in [-0.2, -0.15) is 0 Å². The number of nitrogens with zero attached hydrogens (tertiary/aromatic N) is 1. The molecule has 5 heteroatoms. The van der Waals surface area contributed by atoms with Crippen molar-refractivity contribution in [2.45, 2.75) is 19.1 Å². The highest BCUT2D eigenvalue weighted by Crippen LogP contribution is 2.21. The van der Waals surface area contributed by atoms with Gasteiger partial charge in [0.2, 0.25) is 10.0 Å². The van der Waals surface area contributed by atoms with Crippen LogP contribution in [0, 0.1) is 0 Å². The molecule has 0 amide bonds. The summed E-state index contributed by atoms with van der Waals surface area (Å²) in [5.41, 5.74) is 8.77. The molecular weight excluding hydrogens is 284 g/mol. The molecule has 4 nitrogen and oxygen atoms in total. The van der Waals surface area contributed by atoms with Crippen molar-refractivity contribution < 1.29 is 8.42 Å². The van der Waals surface area contributed by atoms with Crippen molar-refractivity contribution in [3.63, 3.8) is 0 Å². The first kappa shape index (κ1) is 15.4. The fraction of sp³-hybridized carbons (Fsp3) is 0.250. The number of nitrogens with two attached hydrogens (primary N) is 1. The summed E-state index contributed by atoms with van der Waals surface area (Å²) in [6.45, 7) is 2.06. The van der Waals surface area contributed by atoms with E-state index >= 15 is 0 Å². The lowest BCUT2D eigenvalue weighted by Gasteiger charge is -2.20. The summed E-state index contributed by atoms with van der Waals surface area (Å²) in [6, 6.07) is 14.6. The van der Waals surface area contributed by atoms with Crippen molar-refractivity contribution in [1.29, 1.82) is 0 Å². The van der Waals surface area contributed by atoms with Crippen LogP contribution in [0.3, 0.4) is 0 Å². The van der Waals surface area contributed by atoms with E-state index in [9.17, 15) is 8.42 Å². The minimum absolute atomic E-state index is 0.105. The average molecular weight is 304 g/mol. The number of benzene rings is 2. The molecule has 0 spiro atoms. The van der Waals surface area contributed by atoms with Gasteiger partial charge < -0.3 is 5.73 Å². The van der Waals surface area contributed by atoms with Crippen molar-refractivity contribution >= 4 is 21.4 Å². The highest BCUT2D eigenvalue weighted by molar-refractivity contribution is 7.92. The van der Waals surface area contributed by atoms with Crippen LogP contribution in [0.15, 0.2) is 48.5 Å². The normalized spacial score (nSPS) is 11.3. The highest BCUT2D eigenvalue weighted by Gasteiger charge is 2.20. The summed E-state index contributed by atoms with van der Waals surface area (Å²) in [5.74, 6) is -0.105. The molecule has 0 bridgehead atoms. The lowest BCUT2D eigenvalue weighted by atomic mass is 10.1. The number of sulfonamides is 1. The molecule has 2 aromatic rings. The molecule has 0 aromatic heterocycles. The molecular formula is C16H20N2O2S. The van der Waals surface area contributed by atoms with E-state index in [1.54, 1.807) is 31.3 Å². The Hall–Kier alpha value is -2.01. The largest absolute Gasteiger partial charge is 0.398 e. The van der Waals surface area contributed by atoms with Crippen molar-refractivity contribution in [3.8, 4) is 0 Å². The molecule has 2 N–H and O–H groups in total. The average Bonchev–Trinajstić information content (AvgIpc) is 2.49. The van der Waals surface area contributed by atoms with Crippen LogP contribution in [0.5, 0.6) is 0 Å². The Balaban J connectivity index is 2.24. The van der Waals surface area contributed by atoms with Gasteiger partial charge in [0, 0.05) is 12.7 Å². The fourth-order valence-corrected chi connectivity index (χ4v) is 3.35. The third kappa shape index (κ3) is 3.55. The maximum absolute atomic E-state index is 12.5. The van der Waals surface area contributed by atoms with Crippen LogP contribution in [0.2, 0.25) is 0 Å². The van der Waals surface area contributed by atoms with Crippen LogP contribution in [0.1, 0.15) is 18.1 Å². The summed E-state index contributed by atoms with van der Waals surface area (Å²) >= 11 is 0. The van der Waals surface area contributed by atoms with Gasteiger partial charge in [-0.1, -0.05) is 37.3 Å². The fourth-order valence-electron chi connectivity index (χ4n) is 2.06. The Morgan fingerprint density at radius 2 is 1.67 bits per heavy atom. The van der Waals surface area contributed by atoms with E-state index in [2.05, 4.69) is 6.92 Å². The summed E-state index contributed by atoms with van der Waals surface area (Å²) in [7, 11) is -1.89. The lowest BCUT2D eigenvalue weighted by molar-refractivity contribution is 0.593. The molecule has 0 saturated carbocycles. The Morgan fingerprint density at radius 1 is 1.05 bits per heavy atom. The first-order valence-corrected chi connectivity index (χ1v) is 8.44. The van der Waals surface area contributed by atoms with E-state index in [0.717, 1.165) is 6.42 Å². The smallest absolute Gasteiger partial charge is 0.239 e. The van der Waals surface area contributed by atoms with Gasteiger partial charge in [-0.25, -0.2) is 8.42 Å². The zero-order valence-corrected chi connectivity index (χ0v) is 13.1. The predicted molar refractivity (Wildman–Crippen MR) is 87.7 cm³/mol. The molecule has 0 atom stereocenters. The molecule has 0 unspecified atom stereocenters. The van der Waals surface area contributed by atoms with Gasteiger partial charge in [-0.15, -0.1) is 0 Å². The van der Waals surface area contributed by atoms with E-state index in [-0.39, 0.29) is 5.75 Å². The van der Waals surface area contributed by atoms with E-state index in [1.165, 1.54) is 9.87 Å². The molecule has 2 aromatic carbocycles. The second-order valence-corrected chi connectivity index (χ2v) is 6.94. The molecule has 0 aliphatic carbocycles. The molecule has 112 valence electrons. The van der Waals surface area contributed by atoms with Crippen molar-refractivity contribution in [2.24, 2.45) is 0 Å². The second kappa shape index (κ2) is 6.18. The van der Waals surface area contributed by atoms with Crippen molar-refractivity contribution in [3.05, 3.63) is 59.7 Å². The number of nitrogen functional groups attached to an aromatic ring is 1. The summed E-state index contributed by atoms with van der Waals surface area (Å²) in [6.07, 6.45) is 0.928. The molecule has 0 heterocycles. The van der Waals surface area contributed by atoms with Gasteiger partial charge in [0.1, 0.15) is 0 Å². The maximum atomic E-state index is 12.5. The summed E-state index contributed by atoms with van der Waals surface area (Å²) in [5, 5.41) is 0. The van der Waals surface area contributed by atoms with E-state index in [0.29, 0.717) is 16.9 Å². The van der Waals surface area contributed by atoms with Crippen LogP contribution in [-0.2, 0) is 22.2 Å². The van der Waals surface area contributed by atoms with Gasteiger partial charge in [-0.05, 0) is 35.7 Å². The minimum atomic E-state index is -3.46. The number of hydrogen-bond donors (Lipinski definition) is 1. The van der Waals surface area contributed by atoms with Crippen LogP contribution in [-0.4, -0.2) is 15.5 Å². The molecule has 0 fully saturated rings. The van der Waals surface area contributed by atoms with Crippen LogP contribution in [0.4, 0.5) is 11.4 Å². The Bertz CT molecular complexity index is 709. The quantitative estimate of drug-likeness (QED) is 0.864. The summed E-state index contributed by atoms with van der Waals surface area (Å²) < 4.78 is 26.3. The number of para-hydroxylation sites is 1. The third-order valence-electron chi connectivity index (χ3n) is 3.52. The minimum Gasteiger partial charge on any atom is -0.398 e. The third-order valence-corrected chi connectivity index (χ3v) is 5.24. The zero-order chi connectivity index (χ0) is 15.5. The molecule has 0 aliphatic heterocycles. The highest BCUT2D eigenvalue weighted by atomic mass is 32.2. The van der Waals surface area contributed by atoms with Crippen LogP contribution >= 0.6 is 0 Å². The predicted octanol–water partition coefficient (Wildman–Crippen LogP) is 2.80. The number of anilines is 2. The number of hydrogen-bond acceptors (Lipinski definition) is 3. The van der Waals surface area contributed by atoms with E-state index < -0.39 is 10.0 Å². The van der Waals surface area contributed by atoms with E-state index in [1.807, 2.05) is 24.3 Å². The van der Waals surface area contributed by atoms with Gasteiger partial charge in [0.15, 0.2) is 0 Å². The monoisotopic (exact) mass is 304 g/mol. The lowest BCUT2D eigenvalue weighted by Crippen LogP contribution is -2.28. The molecule has 0 saturated heterocycles. The first-order chi connectivity index (χ1) is 9.94. The Kier molecular flexibility index (Phi) is 4.53. The van der Waals surface area contributed by atoms with Gasteiger partial charge in [0.05, 0.1) is 11.4 Å². The SMILES string of the molecule is CCc1ccc(N(C)S(=O)(=O)Cc2ccccc2N)cc1. The zero-order valence-electron chi connectivity index (χ0n) is 12.3. The van der Waals surface area contributed by atoms with Gasteiger partial charge in [-0.3, -0.25) is 4.31 Å². The first-order valence-electron chi connectivity index (χ1n) is 6.83. The Morgan fingerprint density at radius 3 is 2.24 bits per heavy atom. The standard InChI is InChI=1S/C16H20N2O2S/c1-3-13-8-10-15(11-9-13)18(2)21(19,20)12-14-6-4-5-7-16(14)17/h4-11H,3,12,17H2,1-2H3. The topological polar surface area (TPSA) is 63.4 Å². The van der Waals surface area contributed by atoms with Crippen molar-refractivity contribution in [1.82, 2.24) is 0 Å². The summed E-state index contributed by atoms with van der Waals surface area (Å²) in [4.78, 5) is 0. The van der Waals surface area contributed by atoms with Crippen molar-refractivity contribution in [2.75, 3.05) is 17.1 Å². The van der Waals surface area contributed by atoms with Crippen LogP contribution in [0.25, 0.3) is 0 Å². The number of rotatable bonds is 5. The van der Waals surface area contributed by atoms with Gasteiger partial charge >= 0.3 is 0 Å². The molecule has 0 aliphatic rings. The number of aryl methyl sites for hydroxylation is 1.